The third-order valence-corrected chi connectivity index (χ3v) is 2.15. The molecule has 1 amide bonds. The van der Waals surface area contributed by atoms with Crippen LogP contribution < -0.4 is 5.43 Å². The first-order valence-electron chi connectivity index (χ1n) is 5.31. The Morgan fingerprint density at radius 1 is 1.28 bits per heavy atom. The van der Waals surface area contributed by atoms with Gasteiger partial charge in [-0.3, -0.25) is 4.79 Å². The third-order valence-electron chi connectivity index (χ3n) is 2.15. The molecule has 0 fully saturated rings. The minimum Gasteiger partial charge on any atom is -0.481 e. The van der Waals surface area contributed by atoms with Gasteiger partial charge in [-0.05, 0) is 5.56 Å². The summed E-state index contributed by atoms with van der Waals surface area (Å²) in [5.74, 6) is -0.920. The van der Waals surface area contributed by atoms with E-state index in [1.165, 1.54) is 7.11 Å². The van der Waals surface area contributed by atoms with Gasteiger partial charge in [0.1, 0.15) is 0 Å². The lowest BCUT2D eigenvalue weighted by atomic mass is 10.1. The van der Waals surface area contributed by atoms with E-state index in [0.29, 0.717) is 5.71 Å². The number of carbonyl (C=O) groups excluding carboxylic acids is 1. The van der Waals surface area contributed by atoms with Crippen LogP contribution in [-0.2, 0) is 9.53 Å². The Bertz CT molecular complexity index is 443. The minimum atomic E-state index is -0.920. The number of aliphatic carboxylic acids is 1. The fourth-order valence-electron chi connectivity index (χ4n) is 1.28. The van der Waals surface area contributed by atoms with Crippen molar-refractivity contribution < 1.29 is 19.4 Å². The van der Waals surface area contributed by atoms with Crippen LogP contribution in [0.3, 0.4) is 0 Å². The number of hydrogen-bond acceptors (Lipinski definition) is 4. The van der Waals surface area contributed by atoms with Gasteiger partial charge in [0.15, 0.2) is 0 Å². The second kappa shape index (κ2) is 7.05. The highest BCUT2D eigenvalue weighted by atomic mass is 16.5. The summed E-state index contributed by atoms with van der Waals surface area (Å²) in [5.41, 5.74) is 3.44. The first-order chi connectivity index (χ1) is 8.63. The van der Waals surface area contributed by atoms with Crippen molar-refractivity contribution in [3.05, 3.63) is 35.9 Å². The molecule has 0 saturated carbocycles. The van der Waals surface area contributed by atoms with Crippen LogP contribution in [0.25, 0.3) is 0 Å². The van der Waals surface area contributed by atoms with Crippen molar-refractivity contribution in [2.75, 3.05) is 7.11 Å². The Morgan fingerprint density at radius 2 is 1.94 bits per heavy atom. The number of rotatable bonds is 5. The topological polar surface area (TPSA) is 88.0 Å². The normalized spacial score (nSPS) is 10.8. The Balaban J connectivity index is 2.81. The molecular formula is C12H14N2O4. The number of carboxylic acid groups (broad SMARTS) is 1. The maximum absolute atomic E-state index is 10.9. The quantitative estimate of drug-likeness (QED) is 0.613. The fraction of sp³-hybridized carbons (Fsp3) is 0.250. The number of methoxy groups -OCH3 is 1. The number of hydrazone groups is 1. The SMILES string of the molecule is COC(=O)NN=C(CCC(=O)O)c1ccccc1. The van der Waals surface area contributed by atoms with Gasteiger partial charge in [0, 0.05) is 6.42 Å². The predicted molar refractivity (Wildman–Crippen MR) is 65.4 cm³/mol. The Morgan fingerprint density at radius 3 is 2.50 bits per heavy atom. The molecule has 0 heterocycles. The van der Waals surface area contributed by atoms with E-state index < -0.39 is 12.1 Å². The van der Waals surface area contributed by atoms with Crippen molar-refractivity contribution in [2.24, 2.45) is 5.10 Å². The van der Waals surface area contributed by atoms with Gasteiger partial charge in [-0.15, -0.1) is 0 Å². The van der Waals surface area contributed by atoms with Crippen LogP contribution in [0.1, 0.15) is 18.4 Å². The number of hydrogen-bond donors (Lipinski definition) is 2. The molecule has 18 heavy (non-hydrogen) atoms. The van der Waals surface area contributed by atoms with Crippen LogP contribution in [0, 0.1) is 0 Å². The molecule has 0 radical (unpaired) electrons. The van der Waals surface area contributed by atoms with E-state index in [1.54, 1.807) is 12.1 Å². The number of carbonyl (C=O) groups is 2. The second-order valence-electron chi connectivity index (χ2n) is 3.42. The highest BCUT2D eigenvalue weighted by molar-refractivity contribution is 6.01. The fourth-order valence-corrected chi connectivity index (χ4v) is 1.28. The molecule has 96 valence electrons. The zero-order valence-electron chi connectivity index (χ0n) is 9.92. The molecule has 0 aliphatic rings. The number of benzene rings is 1. The van der Waals surface area contributed by atoms with Crippen molar-refractivity contribution in [1.29, 1.82) is 0 Å². The summed E-state index contributed by atoms with van der Waals surface area (Å²) in [5, 5.41) is 12.5. The lowest BCUT2D eigenvalue weighted by Crippen LogP contribution is -2.20. The molecule has 1 aromatic rings. The van der Waals surface area contributed by atoms with Crippen LogP contribution in [0.2, 0.25) is 0 Å². The third kappa shape index (κ3) is 4.65. The first-order valence-corrected chi connectivity index (χ1v) is 5.31. The summed E-state index contributed by atoms with van der Waals surface area (Å²) in [6.07, 6.45) is -0.529. The molecule has 0 unspecified atom stereocenters. The van der Waals surface area contributed by atoms with Crippen molar-refractivity contribution in [3.63, 3.8) is 0 Å². The molecule has 1 aromatic carbocycles. The molecule has 6 heteroatoms. The average Bonchev–Trinajstić information content (AvgIpc) is 2.39. The molecule has 0 aliphatic carbocycles. The van der Waals surface area contributed by atoms with E-state index in [9.17, 15) is 9.59 Å². The molecule has 0 atom stereocenters. The summed E-state index contributed by atoms with van der Waals surface area (Å²) >= 11 is 0. The smallest absolute Gasteiger partial charge is 0.427 e. The zero-order chi connectivity index (χ0) is 13.4. The molecule has 0 spiro atoms. The van der Waals surface area contributed by atoms with E-state index in [0.717, 1.165) is 5.56 Å². The van der Waals surface area contributed by atoms with Gasteiger partial charge in [0.2, 0.25) is 0 Å². The highest BCUT2D eigenvalue weighted by Gasteiger charge is 2.07. The zero-order valence-corrected chi connectivity index (χ0v) is 9.92. The van der Waals surface area contributed by atoms with Crippen LogP contribution in [-0.4, -0.2) is 30.0 Å². The summed E-state index contributed by atoms with van der Waals surface area (Å²) in [6.45, 7) is 0. The summed E-state index contributed by atoms with van der Waals surface area (Å²) < 4.78 is 4.39. The summed E-state index contributed by atoms with van der Waals surface area (Å²) in [6, 6.07) is 9.04. The van der Waals surface area contributed by atoms with Crippen LogP contribution in [0.5, 0.6) is 0 Å². The van der Waals surface area contributed by atoms with E-state index >= 15 is 0 Å². The summed E-state index contributed by atoms with van der Waals surface area (Å²) in [4.78, 5) is 21.5. The Labute approximate surface area is 104 Å². The lowest BCUT2D eigenvalue weighted by Gasteiger charge is -2.05. The van der Waals surface area contributed by atoms with Crippen molar-refractivity contribution in [3.8, 4) is 0 Å². The van der Waals surface area contributed by atoms with Gasteiger partial charge in [0.25, 0.3) is 0 Å². The average molecular weight is 250 g/mol. The second-order valence-corrected chi connectivity index (χ2v) is 3.42. The largest absolute Gasteiger partial charge is 0.481 e. The minimum absolute atomic E-state index is 0.0589. The van der Waals surface area contributed by atoms with Crippen molar-refractivity contribution in [2.45, 2.75) is 12.8 Å². The molecule has 6 nitrogen and oxygen atoms in total. The van der Waals surface area contributed by atoms with Gasteiger partial charge in [-0.25, -0.2) is 10.2 Å². The van der Waals surface area contributed by atoms with Gasteiger partial charge in [-0.2, -0.15) is 5.10 Å². The molecule has 0 saturated heterocycles. The van der Waals surface area contributed by atoms with E-state index in [1.807, 2.05) is 18.2 Å². The number of carboxylic acids is 1. The van der Waals surface area contributed by atoms with Crippen LogP contribution in [0.4, 0.5) is 4.79 Å². The molecule has 2 N–H and O–H groups in total. The van der Waals surface area contributed by atoms with Crippen LogP contribution >= 0.6 is 0 Å². The molecular weight excluding hydrogens is 236 g/mol. The monoisotopic (exact) mass is 250 g/mol. The number of nitrogens with one attached hydrogen (secondary N) is 1. The predicted octanol–water partition coefficient (Wildman–Crippen LogP) is 1.61. The van der Waals surface area contributed by atoms with Gasteiger partial charge < -0.3 is 9.84 Å². The lowest BCUT2D eigenvalue weighted by molar-refractivity contribution is -0.136. The molecule has 0 bridgehead atoms. The van der Waals surface area contributed by atoms with E-state index in [2.05, 4.69) is 15.3 Å². The number of nitrogens with zero attached hydrogens (tertiary/aromatic N) is 1. The van der Waals surface area contributed by atoms with Crippen molar-refractivity contribution in [1.82, 2.24) is 5.43 Å². The highest BCUT2D eigenvalue weighted by Crippen LogP contribution is 2.06. The van der Waals surface area contributed by atoms with E-state index in [-0.39, 0.29) is 12.8 Å². The van der Waals surface area contributed by atoms with Crippen molar-refractivity contribution >= 4 is 17.8 Å². The maximum atomic E-state index is 10.9. The maximum Gasteiger partial charge on any atom is 0.427 e. The summed E-state index contributed by atoms with van der Waals surface area (Å²) in [7, 11) is 1.23. The number of amides is 1. The molecule has 0 aromatic heterocycles. The molecule has 0 aliphatic heterocycles. The Kier molecular flexibility index (Phi) is 5.37. The number of ether oxygens (including phenoxy) is 1. The molecule has 1 rings (SSSR count). The Hall–Kier alpha value is -2.37. The first kappa shape index (κ1) is 13.7. The standard InChI is InChI=1S/C12H14N2O4/c1-18-12(17)14-13-10(7-8-11(15)16)9-5-3-2-4-6-9/h2-6H,7-8H2,1H3,(H,14,17)(H,15,16). The van der Waals surface area contributed by atoms with E-state index in [4.69, 9.17) is 5.11 Å². The van der Waals surface area contributed by atoms with Crippen LogP contribution in [0.15, 0.2) is 35.4 Å². The van der Waals surface area contributed by atoms with Gasteiger partial charge >= 0.3 is 12.1 Å². The van der Waals surface area contributed by atoms with Gasteiger partial charge in [-0.1, -0.05) is 30.3 Å². The van der Waals surface area contributed by atoms with Gasteiger partial charge in [0.05, 0.1) is 19.2 Å².